The number of piperidine rings is 1. The largest absolute Gasteiger partial charge is 0.461 e. The molecule has 1 saturated heterocycles. The van der Waals surface area contributed by atoms with Crippen LogP contribution in [0.3, 0.4) is 0 Å². The molecule has 4 rings (SSSR count). The number of rotatable bonds is 3. The van der Waals surface area contributed by atoms with E-state index in [2.05, 4.69) is 17.9 Å². The first-order valence-corrected chi connectivity index (χ1v) is 10.1. The molecule has 0 radical (unpaired) electrons. The first kappa shape index (κ1) is 17.8. The van der Waals surface area contributed by atoms with Crippen molar-refractivity contribution < 1.29 is 9.66 Å². The van der Waals surface area contributed by atoms with Crippen LogP contribution in [0.25, 0.3) is 6.08 Å². The summed E-state index contributed by atoms with van der Waals surface area (Å²) in [4.78, 5) is 13.7. The van der Waals surface area contributed by atoms with Crippen LogP contribution in [-0.4, -0.2) is 28.1 Å². The number of nitro groups is 1. The Labute approximate surface area is 159 Å². The minimum atomic E-state index is -0.523. The van der Waals surface area contributed by atoms with Gasteiger partial charge in [-0.3, -0.25) is 15.0 Å². The van der Waals surface area contributed by atoms with Crippen LogP contribution in [0, 0.1) is 10.1 Å². The third-order valence-electron chi connectivity index (χ3n) is 6.14. The first-order chi connectivity index (χ1) is 12.5. The second-order valence-corrected chi connectivity index (χ2v) is 8.05. The van der Waals surface area contributed by atoms with Crippen molar-refractivity contribution in [2.45, 2.75) is 70.1 Å². The van der Waals surface area contributed by atoms with Crippen LogP contribution in [0.1, 0.15) is 63.9 Å². The molecule has 0 N–H and O–H groups in total. The summed E-state index contributed by atoms with van der Waals surface area (Å²) in [7, 11) is 0. The molecule has 0 amide bonds. The zero-order valence-corrected chi connectivity index (χ0v) is 15.9. The third kappa shape index (κ3) is 2.81. The van der Waals surface area contributed by atoms with Crippen molar-refractivity contribution in [3.8, 4) is 5.75 Å². The molecule has 2 aliphatic heterocycles. The molecule has 2 unspecified atom stereocenters. The van der Waals surface area contributed by atoms with E-state index >= 15 is 0 Å². The Morgan fingerprint density at radius 3 is 2.96 bits per heavy atom. The predicted molar refractivity (Wildman–Crippen MR) is 103 cm³/mol. The zero-order chi connectivity index (χ0) is 18.3. The maximum Gasteiger partial charge on any atom is 0.313 e. The lowest BCUT2D eigenvalue weighted by Crippen LogP contribution is -2.61. The van der Waals surface area contributed by atoms with E-state index in [1.807, 2.05) is 0 Å². The lowest BCUT2D eigenvalue weighted by molar-refractivity contribution is -0.386. The average Bonchev–Trinajstić information content (AvgIpc) is 2.65. The first-order valence-electron chi connectivity index (χ1n) is 9.70. The summed E-state index contributed by atoms with van der Waals surface area (Å²) in [5.74, 6) is 0.380. The molecule has 0 bridgehead atoms. The molecule has 1 saturated carbocycles. The molecule has 2 fully saturated rings. The maximum absolute atomic E-state index is 11.6. The van der Waals surface area contributed by atoms with Gasteiger partial charge >= 0.3 is 5.69 Å². The number of ether oxygens (including phenoxy) is 1. The molecular formula is C20H25ClN2O3. The minimum Gasteiger partial charge on any atom is -0.461 e. The molecular weight excluding hydrogens is 352 g/mol. The third-order valence-corrected chi connectivity index (χ3v) is 6.35. The van der Waals surface area contributed by atoms with E-state index in [4.69, 9.17) is 16.3 Å². The van der Waals surface area contributed by atoms with Crippen LogP contribution in [0.2, 0.25) is 5.02 Å². The normalized spacial score (nSPS) is 28.5. The topological polar surface area (TPSA) is 55.6 Å². The quantitative estimate of drug-likeness (QED) is 0.512. The van der Waals surface area contributed by atoms with Crippen molar-refractivity contribution in [3.05, 3.63) is 38.4 Å². The van der Waals surface area contributed by atoms with Gasteiger partial charge in [-0.1, -0.05) is 24.9 Å². The van der Waals surface area contributed by atoms with Crippen LogP contribution in [0.15, 0.2) is 17.7 Å². The highest BCUT2D eigenvalue weighted by Gasteiger charge is 2.50. The van der Waals surface area contributed by atoms with E-state index in [1.54, 1.807) is 6.07 Å². The van der Waals surface area contributed by atoms with E-state index in [-0.39, 0.29) is 10.6 Å². The van der Waals surface area contributed by atoms with Crippen molar-refractivity contribution >= 4 is 23.4 Å². The van der Waals surface area contributed by atoms with E-state index in [0.29, 0.717) is 16.8 Å². The smallest absolute Gasteiger partial charge is 0.313 e. The number of hydrogen-bond acceptors (Lipinski definition) is 4. The highest BCUT2D eigenvalue weighted by Crippen LogP contribution is 2.50. The van der Waals surface area contributed by atoms with Crippen molar-refractivity contribution in [2.75, 3.05) is 6.54 Å². The van der Waals surface area contributed by atoms with Gasteiger partial charge in [-0.05, 0) is 56.2 Å². The van der Waals surface area contributed by atoms with Crippen LogP contribution in [0.5, 0.6) is 5.75 Å². The molecule has 1 aliphatic carbocycles. The van der Waals surface area contributed by atoms with Crippen molar-refractivity contribution in [2.24, 2.45) is 0 Å². The van der Waals surface area contributed by atoms with Crippen LogP contribution < -0.4 is 4.74 Å². The fourth-order valence-corrected chi connectivity index (χ4v) is 5.16. The summed E-state index contributed by atoms with van der Waals surface area (Å²) in [6, 6.07) is 3.66. The summed E-state index contributed by atoms with van der Waals surface area (Å²) in [5, 5.41) is 12.0. The molecule has 5 nitrogen and oxygen atoms in total. The lowest BCUT2D eigenvalue weighted by Gasteiger charge is -2.53. The number of benzene rings is 1. The van der Waals surface area contributed by atoms with E-state index in [0.717, 1.165) is 50.6 Å². The van der Waals surface area contributed by atoms with E-state index in [1.165, 1.54) is 24.5 Å². The zero-order valence-electron chi connectivity index (χ0n) is 15.2. The monoisotopic (exact) mass is 376 g/mol. The highest BCUT2D eigenvalue weighted by atomic mass is 35.5. The minimum absolute atomic E-state index is 0.0298. The van der Waals surface area contributed by atoms with Crippen molar-refractivity contribution in [1.82, 2.24) is 4.90 Å². The summed E-state index contributed by atoms with van der Waals surface area (Å²) < 4.78 is 6.60. The SMILES string of the molecule is CCC1CCCCN1C12CCCCC1=Cc1cc(Cl)cc([N+](=O)[O-])c1O2. The average molecular weight is 377 g/mol. The second kappa shape index (κ2) is 6.86. The fourth-order valence-electron chi connectivity index (χ4n) is 4.94. The molecule has 0 spiro atoms. The lowest BCUT2D eigenvalue weighted by atomic mass is 9.80. The van der Waals surface area contributed by atoms with Gasteiger partial charge in [0.05, 0.1) is 4.92 Å². The van der Waals surface area contributed by atoms with Crippen LogP contribution in [0.4, 0.5) is 5.69 Å². The fraction of sp³-hybridized carbons (Fsp3) is 0.600. The molecule has 26 heavy (non-hydrogen) atoms. The summed E-state index contributed by atoms with van der Waals surface area (Å²) in [6.07, 6.45) is 10.9. The molecule has 0 aromatic heterocycles. The molecule has 3 aliphatic rings. The number of halogens is 1. The Morgan fingerprint density at radius 1 is 1.35 bits per heavy atom. The Kier molecular flexibility index (Phi) is 4.70. The van der Waals surface area contributed by atoms with Gasteiger partial charge in [0.25, 0.3) is 0 Å². The molecule has 6 heteroatoms. The highest BCUT2D eigenvalue weighted by molar-refractivity contribution is 6.31. The van der Waals surface area contributed by atoms with E-state index < -0.39 is 5.72 Å². The van der Waals surface area contributed by atoms with Gasteiger partial charge < -0.3 is 4.74 Å². The molecule has 140 valence electrons. The van der Waals surface area contributed by atoms with Gasteiger partial charge in [0.2, 0.25) is 5.75 Å². The van der Waals surface area contributed by atoms with Gasteiger partial charge in [0, 0.05) is 35.7 Å². The summed E-state index contributed by atoms with van der Waals surface area (Å²) in [5.41, 5.74) is 1.44. The standard InChI is InChI=1S/C20H25ClN2O3/c1-2-17-8-4-6-10-22(17)20-9-5-3-7-15(20)11-14-12-16(21)13-18(23(24)25)19(14)26-20/h11-13,17H,2-10H2,1H3. The number of hydrogen-bond donors (Lipinski definition) is 0. The molecule has 1 aromatic rings. The van der Waals surface area contributed by atoms with Gasteiger partial charge in [-0.25, -0.2) is 0 Å². The molecule has 2 heterocycles. The van der Waals surface area contributed by atoms with Gasteiger partial charge in [-0.15, -0.1) is 0 Å². The number of fused-ring (bicyclic) bond motifs is 2. The Balaban J connectivity index is 1.85. The van der Waals surface area contributed by atoms with E-state index in [9.17, 15) is 10.1 Å². The van der Waals surface area contributed by atoms with Crippen molar-refractivity contribution in [1.29, 1.82) is 0 Å². The molecule has 2 atom stereocenters. The number of nitrogens with zero attached hydrogens (tertiary/aromatic N) is 2. The number of likely N-dealkylation sites (tertiary alicyclic amines) is 1. The Bertz CT molecular complexity index is 764. The van der Waals surface area contributed by atoms with Crippen molar-refractivity contribution in [3.63, 3.8) is 0 Å². The predicted octanol–water partition coefficient (Wildman–Crippen LogP) is 5.56. The Hall–Kier alpha value is -1.59. The Morgan fingerprint density at radius 2 is 2.19 bits per heavy atom. The van der Waals surface area contributed by atoms with Gasteiger partial charge in [0.15, 0.2) is 5.72 Å². The summed E-state index contributed by atoms with van der Waals surface area (Å²) >= 11 is 6.13. The van der Waals surface area contributed by atoms with Gasteiger partial charge in [-0.2, -0.15) is 0 Å². The summed E-state index contributed by atoms with van der Waals surface area (Å²) in [6.45, 7) is 3.22. The number of nitro benzene ring substituents is 1. The van der Waals surface area contributed by atoms with Crippen LogP contribution in [-0.2, 0) is 0 Å². The van der Waals surface area contributed by atoms with Crippen LogP contribution >= 0.6 is 11.6 Å². The molecule has 1 aromatic carbocycles. The van der Waals surface area contributed by atoms with Gasteiger partial charge in [0.1, 0.15) is 0 Å². The maximum atomic E-state index is 11.6. The second-order valence-electron chi connectivity index (χ2n) is 7.61.